The van der Waals surface area contributed by atoms with Crippen molar-refractivity contribution >= 4 is 5.82 Å². The minimum Gasteiger partial charge on any atom is -0.383 e. The van der Waals surface area contributed by atoms with Gasteiger partial charge in [-0.05, 0) is 25.2 Å². The third-order valence-electron chi connectivity index (χ3n) is 2.54. The molecule has 0 radical (unpaired) electrons. The van der Waals surface area contributed by atoms with Crippen LogP contribution in [0.2, 0.25) is 0 Å². The molecule has 1 aromatic heterocycles. The van der Waals surface area contributed by atoms with Crippen LogP contribution in [0.15, 0.2) is 6.33 Å². The van der Waals surface area contributed by atoms with Crippen molar-refractivity contribution < 1.29 is 0 Å². The second-order valence-electron chi connectivity index (χ2n) is 3.42. The van der Waals surface area contributed by atoms with Crippen molar-refractivity contribution in [3.63, 3.8) is 0 Å². The minimum atomic E-state index is 0.555. The minimum absolute atomic E-state index is 0.555. The Kier molecular flexibility index (Phi) is 1.71. The third kappa shape index (κ3) is 1.05. The molecule has 0 fully saturated rings. The molecule has 0 aromatic carbocycles. The van der Waals surface area contributed by atoms with E-state index in [1.807, 2.05) is 0 Å². The predicted molar refractivity (Wildman–Crippen MR) is 47.8 cm³/mol. The molecule has 1 unspecified atom stereocenters. The zero-order valence-electron chi connectivity index (χ0n) is 7.25. The molecule has 0 saturated heterocycles. The highest BCUT2D eigenvalue weighted by molar-refractivity contribution is 5.43. The monoisotopic (exact) mass is 163 g/mol. The zero-order chi connectivity index (χ0) is 8.55. The van der Waals surface area contributed by atoms with Gasteiger partial charge in [-0.25, -0.2) is 9.97 Å². The molecular formula is C9H13N3. The zero-order valence-corrected chi connectivity index (χ0v) is 7.25. The van der Waals surface area contributed by atoms with Gasteiger partial charge in [0.15, 0.2) is 0 Å². The van der Waals surface area contributed by atoms with Gasteiger partial charge < -0.3 is 5.73 Å². The molecule has 0 aliphatic heterocycles. The fourth-order valence-corrected chi connectivity index (χ4v) is 1.84. The molecule has 1 atom stereocenters. The standard InChI is InChI=1S/C9H13N3/c1-6-3-2-4-7-8(6)11-5-12-9(7)10/h5-6H,2-4H2,1H3,(H2,10,11,12). The summed E-state index contributed by atoms with van der Waals surface area (Å²) in [6.45, 7) is 2.20. The van der Waals surface area contributed by atoms with E-state index < -0.39 is 0 Å². The van der Waals surface area contributed by atoms with Crippen LogP contribution in [-0.2, 0) is 6.42 Å². The van der Waals surface area contributed by atoms with Gasteiger partial charge in [0.05, 0.1) is 5.69 Å². The number of nitrogens with zero attached hydrogens (tertiary/aromatic N) is 2. The van der Waals surface area contributed by atoms with Crippen LogP contribution in [0.25, 0.3) is 0 Å². The number of nitrogen functional groups attached to an aromatic ring is 1. The lowest BCUT2D eigenvalue weighted by atomic mass is 9.88. The first-order chi connectivity index (χ1) is 5.79. The fraction of sp³-hybridized carbons (Fsp3) is 0.556. The molecule has 0 spiro atoms. The average Bonchev–Trinajstić information content (AvgIpc) is 2.07. The van der Waals surface area contributed by atoms with E-state index in [1.54, 1.807) is 6.33 Å². The lowest BCUT2D eigenvalue weighted by Gasteiger charge is -2.21. The highest BCUT2D eigenvalue weighted by Gasteiger charge is 2.19. The van der Waals surface area contributed by atoms with Crippen molar-refractivity contribution in [1.29, 1.82) is 0 Å². The van der Waals surface area contributed by atoms with Crippen LogP contribution >= 0.6 is 0 Å². The Labute approximate surface area is 72.0 Å². The SMILES string of the molecule is CC1CCCc2c(N)ncnc21. The van der Waals surface area contributed by atoms with E-state index >= 15 is 0 Å². The van der Waals surface area contributed by atoms with Crippen molar-refractivity contribution in [2.24, 2.45) is 0 Å². The van der Waals surface area contributed by atoms with E-state index in [9.17, 15) is 0 Å². The first-order valence-corrected chi connectivity index (χ1v) is 4.38. The second kappa shape index (κ2) is 2.73. The Morgan fingerprint density at radius 3 is 3.08 bits per heavy atom. The number of fused-ring (bicyclic) bond motifs is 1. The number of aromatic nitrogens is 2. The predicted octanol–water partition coefficient (Wildman–Crippen LogP) is 1.50. The van der Waals surface area contributed by atoms with Crippen LogP contribution < -0.4 is 5.73 Å². The maximum absolute atomic E-state index is 5.75. The maximum Gasteiger partial charge on any atom is 0.130 e. The average molecular weight is 163 g/mol. The van der Waals surface area contributed by atoms with Crippen LogP contribution in [-0.4, -0.2) is 9.97 Å². The molecule has 0 bridgehead atoms. The van der Waals surface area contributed by atoms with Gasteiger partial charge in [0.1, 0.15) is 12.1 Å². The van der Waals surface area contributed by atoms with Crippen LogP contribution in [0, 0.1) is 0 Å². The van der Waals surface area contributed by atoms with E-state index in [2.05, 4.69) is 16.9 Å². The van der Waals surface area contributed by atoms with Crippen molar-refractivity contribution in [2.45, 2.75) is 32.1 Å². The van der Waals surface area contributed by atoms with Gasteiger partial charge in [0.25, 0.3) is 0 Å². The molecule has 0 saturated carbocycles. The number of anilines is 1. The van der Waals surface area contributed by atoms with Gasteiger partial charge in [-0.1, -0.05) is 6.92 Å². The molecule has 1 heterocycles. The van der Waals surface area contributed by atoms with Gasteiger partial charge in [0.2, 0.25) is 0 Å². The summed E-state index contributed by atoms with van der Waals surface area (Å²) in [5.74, 6) is 1.23. The summed E-state index contributed by atoms with van der Waals surface area (Å²) in [6, 6.07) is 0. The van der Waals surface area contributed by atoms with Gasteiger partial charge in [-0.15, -0.1) is 0 Å². The maximum atomic E-state index is 5.75. The van der Waals surface area contributed by atoms with E-state index in [0.717, 1.165) is 12.1 Å². The number of nitrogens with two attached hydrogens (primary N) is 1. The molecule has 2 N–H and O–H groups in total. The van der Waals surface area contributed by atoms with Gasteiger partial charge in [-0.2, -0.15) is 0 Å². The molecule has 2 rings (SSSR count). The first kappa shape index (κ1) is 7.53. The van der Waals surface area contributed by atoms with E-state index in [-0.39, 0.29) is 0 Å². The molecule has 12 heavy (non-hydrogen) atoms. The highest BCUT2D eigenvalue weighted by Crippen LogP contribution is 2.31. The number of rotatable bonds is 0. The van der Waals surface area contributed by atoms with Crippen LogP contribution in [0.3, 0.4) is 0 Å². The fourth-order valence-electron chi connectivity index (χ4n) is 1.84. The van der Waals surface area contributed by atoms with E-state index in [0.29, 0.717) is 11.7 Å². The van der Waals surface area contributed by atoms with Gasteiger partial charge in [0, 0.05) is 5.56 Å². The Morgan fingerprint density at radius 1 is 1.50 bits per heavy atom. The Bertz CT molecular complexity index is 296. The summed E-state index contributed by atoms with van der Waals surface area (Å²) in [6.07, 6.45) is 5.05. The summed E-state index contributed by atoms with van der Waals surface area (Å²) < 4.78 is 0. The smallest absolute Gasteiger partial charge is 0.130 e. The van der Waals surface area contributed by atoms with E-state index in [1.165, 1.54) is 18.4 Å². The molecule has 3 heteroatoms. The van der Waals surface area contributed by atoms with Crippen LogP contribution in [0.1, 0.15) is 36.9 Å². The summed E-state index contributed by atoms with van der Waals surface area (Å²) >= 11 is 0. The number of hydrogen-bond donors (Lipinski definition) is 1. The summed E-state index contributed by atoms with van der Waals surface area (Å²) in [5, 5.41) is 0. The number of hydrogen-bond acceptors (Lipinski definition) is 3. The molecule has 64 valence electrons. The third-order valence-corrected chi connectivity index (χ3v) is 2.54. The lowest BCUT2D eigenvalue weighted by Crippen LogP contribution is -2.12. The van der Waals surface area contributed by atoms with Gasteiger partial charge >= 0.3 is 0 Å². The normalized spacial score (nSPS) is 21.9. The van der Waals surface area contributed by atoms with Crippen LogP contribution in [0.5, 0.6) is 0 Å². The van der Waals surface area contributed by atoms with Crippen molar-refractivity contribution in [2.75, 3.05) is 5.73 Å². The molecule has 1 aromatic rings. The summed E-state index contributed by atoms with van der Waals surface area (Å²) in [7, 11) is 0. The quantitative estimate of drug-likeness (QED) is 0.630. The van der Waals surface area contributed by atoms with Crippen LogP contribution in [0.4, 0.5) is 5.82 Å². The topological polar surface area (TPSA) is 51.8 Å². The Hall–Kier alpha value is -1.12. The summed E-state index contributed by atoms with van der Waals surface area (Å²) in [5.41, 5.74) is 8.09. The highest BCUT2D eigenvalue weighted by atomic mass is 14.9. The second-order valence-corrected chi connectivity index (χ2v) is 3.42. The van der Waals surface area contributed by atoms with E-state index in [4.69, 9.17) is 5.73 Å². The molecule has 1 aliphatic rings. The van der Waals surface area contributed by atoms with Crippen molar-refractivity contribution in [3.8, 4) is 0 Å². The van der Waals surface area contributed by atoms with Crippen molar-refractivity contribution in [1.82, 2.24) is 9.97 Å². The Balaban J connectivity index is 2.52. The molecular weight excluding hydrogens is 150 g/mol. The molecule has 1 aliphatic carbocycles. The Morgan fingerprint density at radius 2 is 2.33 bits per heavy atom. The summed E-state index contributed by atoms with van der Waals surface area (Å²) in [4.78, 5) is 8.26. The molecule has 3 nitrogen and oxygen atoms in total. The lowest BCUT2D eigenvalue weighted by molar-refractivity contribution is 0.571. The first-order valence-electron chi connectivity index (χ1n) is 4.38. The van der Waals surface area contributed by atoms with Crippen molar-refractivity contribution in [3.05, 3.63) is 17.6 Å². The largest absolute Gasteiger partial charge is 0.383 e. The van der Waals surface area contributed by atoms with Gasteiger partial charge in [-0.3, -0.25) is 0 Å². The molecule has 0 amide bonds.